The van der Waals surface area contributed by atoms with E-state index in [1.165, 1.54) is 6.08 Å². The number of hydrogen-bond acceptors (Lipinski definition) is 6. The lowest BCUT2D eigenvalue weighted by Crippen LogP contribution is -2.46. The molecule has 1 aromatic heterocycles. The fourth-order valence-corrected chi connectivity index (χ4v) is 3.79. The Bertz CT molecular complexity index is 1290. The Balaban J connectivity index is 1.70. The molecule has 2 atom stereocenters. The number of rotatable bonds is 12. The summed E-state index contributed by atoms with van der Waals surface area (Å²) in [6, 6.07) is 3.85. The number of alkyl halides is 9. The van der Waals surface area contributed by atoms with Crippen molar-refractivity contribution in [2.24, 2.45) is 5.16 Å². The summed E-state index contributed by atoms with van der Waals surface area (Å²) in [6.07, 6.45) is -18.9. The van der Waals surface area contributed by atoms with Crippen molar-refractivity contribution in [2.75, 3.05) is 13.2 Å². The van der Waals surface area contributed by atoms with Gasteiger partial charge in [-0.05, 0) is 31.1 Å². The number of benzene rings is 1. The minimum Gasteiger partial charge on any atom is -0.489 e. The monoisotopic (exact) mass is 674 g/mol. The smallest absolute Gasteiger partial charge is 0.439 e. The van der Waals surface area contributed by atoms with Crippen LogP contribution in [0.4, 0.5) is 39.5 Å². The van der Waals surface area contributed by atoms with Gasteiger partial charge in [-0.2, -0.15) is 35.1 Å². The second kappa shape index (κ2) is 13.7. The highest BCUT2D eigenvalue weighted by molar-refractivity contribution is 6.55. The van der Waals surface area contributed by atoms with Crippen LogP contribution >= 0.6 is 34.8 Å². The number of aromatic nitrogens is 1. The number of nitrogens with zero attached hydrogens (tertiary/aromatic N) is 2. The Kier molecular flexibility index (Phi) is 11.0. The molecule has 0 saturated heterocycles. The standard InChI is InChI=1S/C24H18Cl3F9N2O4/c25-16-9-14(39-7-5-18(26)27)8-15(20(16)41-24(35,36)21(28)23(32,33)34)17-10-13(42-38-17)2-1-6-40-19-4-3-12(11-37-19)22(29,30)31/h3-5,8-9,11,13,21H,1-2,6-7,10H2. The van der Waals surface area contributed by atoms with E-state index in [-0.39, 0.29) is 59.9 Å². The third-order valence-electron chi connectivity index (χ3n) is 5.35. The minimum atomic E-state index is -5.94. The van der Waals surface area contributed by atoms with Crippen LogP contribution in [-0.4, -0.2) is 48.5 Å². The van der Waals surface area contributed by atoms with E-state index in [1.54, 1.807) is 0 Å². The topological polar surface area (TPSA) is 62.2 Å². The summed E-state index contributed by atoms with van der Waals surface area (Å²) in [5.41, 5.74) is -1.40. The molecule has 2 aromatic rings. The number of halogens is 12. The molecule has 3 rings (SSSR count). The van der Waals surface area contributed by atoms with Gasteiger partial charge < -0.3 is 19.0 Å². The molecular weight excluding hydrogens is 658 g/mol. The molecule has 0 saturated carbocycles. The molecule has 0 aliphatic carbocycles. The van der Waals surface area contributed by atoms with Crippen LogP contribution in [0.15, 0.2) is 46.2 Å². The quantitative estimate of drug-likeness (QED) is 0.167. The highest BCUT2D eigenvalue weighted by Crippen LogP contribution is 2.42. The lowest BCUT2D eigenvalue weighted by Gasteiger charge is -2.25. The van der Waals surface area contributed by atoms with Crippen LogP contribution in [0.2, 0.25) is 5.02 Å². The molecule has 0 N–H and O–H groups in total. The average molecular weight is 676 g/mol. The highest BCUT2D eigenvalue weighted by Gasteiger charge is 2.59. The first kappa shape index (κ1) is 33.7. The summed E-state index contributed by atoms with van der Waals surface area (Å²) in [7, 11) is 0. The van der Waals surface area contributed by atoms with Gasteiger partial charge in [-0.3, -0.25) is 0 Å². The van der Waals surface area contributed by atoms with Gasteiger partial charge in [0.15, 0.2) is 5.75 Å². The molecule has 18 heteroatoms. The van der Waals surface area contributed by atoms with E-state index >= 15 is 0 Å². The zero-order chi connectivity index (χ0) is 31.3. The molecule has 232 valence electrons. The summed E-state index contributed by atoms with van der Waals surface area (Å²) >= 11 is 17.0. The summed E-state index contributed by atoms with van der Waals surface area (Å²) in [5, 5.41) is 3.13. The molecule has 0 radical (unpaired) electrons. The van der Waals surface area contributed by atoms with Gasteiger partial charge in [0.2, 0.25) is 5.88 Å². The molecule has 6 nitrogen and oxygen atoms in total. The largest absolute Gasteiger partial charge is 0.489 e. The van der Waals surface area contributed by atoms with E-state index in [0.29, 0.717) is 6.20 Å². The maximum Gasteiger partial charge on any atom is 0.439 e. The van der Waals surface area contributed by atoms with Gasteiger partial charge >= 0.3 is 18.5 Å². The highest BCUT2D eigenvalue weighted by atomic mass is 35.5. The van der Waals surface area contributed by atoms with Crippen molar-refractivity contribution >= 4 is 40.5 Å². The van der Waals surface area contributed by atoms with Crippen LogP contribution in [0, 0.1) is 0 Å². The maximum absolute atomic E-state index is 14.2. The molecule has 1 aliphatic heterocycles. The SMILES string of the molecule is FC(C(F)(F)F)C(F)(F)Oc1c(Cl)cc(OCC=C(Cl)Cl)cc1C1=NOC(CCCOc2ccc(C(F)(F)F)cn2)C1. The van der Waals surface area contributed by atoms with Crippen molar-refractivity contribution < 1.29 is 58.6 Å². The Morgan fingerprint density at radius 3 is 2.38 bits per heavy atom. The lowest BCUT2D eigenvalue weighted by atomic mass is 10.0. The van der Waals surface area contributed by atoms with Crippen molar-refractivity contribution in [3.8, 4) is 17.4 Å². The van der Waals surface area contributed by atoms with Crippen molar-refractivity contribution in [3.05, 3.63) is 57.2 Å². The van der Waals surface area contributed by atoms with Crippen LogP contribution < -0.4 is 14.2 Å². The molecule has 1 aliphatic rings. The van der Waals surface area contributed by atoms with E-state index in [0.717, 1.165) is 24.3 Å². The molecule has 0 bridgehead atoms. The Morgan fingerprint density at radius 2 is 1.79 bits per heavy atom. The van der Waals surface area contributed by atoms with E-state index in [2.05, 4.69) is 14.9 Å². The first-order chi connectivity index (χ1) is 19.5. The van der Waals surface area contributed by atoms with Gasteiger partial charge in [0.1, 0.15) is 23.0 Å². The second-order valence-electron chi connectivity index (χ2n) is 8.50. The fraction of sp³-hybridized carbons (Fsp3) is 0.417. The lowest BCUT2D eigenvalue weighted by molar-refractivity contribution is -0.305. The zero-order valence-corrected chi connectivity index (χ0v) is 23.0. The van der Waals surface area contributed by atoms with Crippen molar-refractivity contribution in [1.29, 1.82) is 0 Å². The van der Waals surface area contributed by atoms with E-state index in [9.17, 15) is 39.5 Å². The molecule has 1 aromatic carbocycles. The number of ether oxygens (including phenoxy) is 3. The van der Waals surface area contributed by atoms with Crippen molar-refractivity contribution in [1.82, 2.24) is 4.98 Å². The first-order valence-corrected chi connectivity index (χ1v) is 12.7. The Morgan fingerprint density at radius 1 is 1.07 bits per heavy atom. The van der Waals surface area contributed by atoms with Crippen LogP contribution in [0.25, 0.3) is 0 Å². The van der Waals surface area contributed by atoms with Gasteiger partial charge in [-0.25, -0.2) is 9.37 Å². The maximum atomic E-state index is 14.2. The number of pyridine rings is 1. The first-order valence-electron chi connectivity index (χ1n) is 11.6. The van der Waals surface area contributed by atoms with Crippen molar-refractivity contribution in [3.63, 3.8) is 0 Å². The molecule has 0 fully saturated rings. The van der Waals surface area contributed by atoms with E-state index < -0.39 is 47.1 Å². The average Bonchev–Trinajstić information content (AvgIpc) is 3.35. The van der Waals surface area contributed by atoms with Gasteiger partial charge in [0.25, 0.3) is 6.17 Å². The zero-order valence-electron chi connectivity index (χ0n) is 20.7. The Hall–Kier alpha value is -2.78. The third kappa shape index (κ3) is 9.36. The molecular formula is C24H18Cl3F9N2O4. The van der Waals surface area contributed by atoms with Crippen LogP contribution in [0.5, 0.6) is 17.4 Å². The van der Waals surface area contributed by atoms with Gasteiger partial charge in [0, 0.05) is 30.3 Å². The second-order valence-corrected chi connectivity index (χ2v) is 9.91. The summed E-state index contributed by atoms with van der Waals surface area (Å²) in [4.78, 5) is 8.84. The third-order valence-corrected chi connectivity index (χ3v) is 5.94. The summed E-state index contributed by atoms with van der Waals surface area (Å²) in [5.74, 6) is -1.14. The fourth-order valence-electron chi connectivity index (χ4n) is 3.41. The molecule has 2 unspecified atom stereocenters. The molecule has 0 amide bonds. The van der Waals surface area contributed by atoms with E-state index in [1.807, 2.05) is 0 Å². The summed E-state index contributed by atoms with van der Waals surface area (Å²) < 4.78 is 132. The Labute approximate surface area is 246 Å². The normalized spacial score (nSPS) is 16.4. The van der Waals surface area contributed by atoms with Gasteiger partial charge in [-0.1, -0.05) is 40.0 Å². The number of hydrogen-bond donors (Lipinski definition) is 0. The number of oxime groups is 1. The molecule has 2 heterocycles. The van der Waals surface area contributed by atoms with Gasteiger partial charge in [-0.15, -0.1) is 0 Å². The van der Waals surface area contributed by atoms with Crippen LogP contribution in [-0.2, 0) is 11.0 Å². The molecule has 0 spiro atoms. The van der Waals surface area contributed by atoms with Gasteiger partial charge in [0.05, 0.1) is 22.9 Å². The summed E-state index contributed by atoms with van der Waals surface area (Å²) in [6.45, 7) is -0.205. The predicted octanol–water partition coefficient (Wildman–Crippen LogP) is 8.68. The molecule has 42 heavy (non-hydrogen) atoms. The van der Waals surface area contributed by atoms with Crippen LogP contribution in [0.3, 0.4) is 0 Å². The van der Waals surface area contributed by atoms with Crippen molar-refractivity contribution in [2.45, 2.75) is 50.0 Å². The minimum absolute atomic E-state index is 0.00920. The predicted molar refractivity (Wildman–Crippen MR) is 133 cm³/mol. The van der Waals surface area contributed by atoms with E-state index in [4.69, 9.17) is 49.1 Å². The van der Waals surface area contributed by atoms with Crippen LogP contribution in [0.1, 0.15) is 30.4 Å².